The molecule has 16 nitrogen and oxygen atoms in total. The van der Waals surface area contributed by atoms with Gasteiger partial charge in [-0.3, -0.25) is 24.0 Å². The van der Waals surface area contributed by atoms with Crippen molar-refractivity contribution in [3.63, 3.8) is 0 Å². The second-order valence-electron chi connectivity index (χ2n) is 13.2. The minimum Gasteiger partial charge on any atom is -0.506 e. The van der Waals surface area contributed by atoms with Crippen LogP contribution in [0.15, 0.2) is 23.9 Å². The Morgan fingerprint density at radius 2 is 1.71 bits per heavy atom. The third-order valence-electron chi connectivity index (χ3n) is 10.00. The molecular formula is C36H40N2O14. The molecule has 16 heteroatoms. The van der Waals surface area contributed by atoms with Crippen molar-refractivity contribution < 1.29 is 67.8 Å². The Hall–Kier alpha value is -5.00. The van der Waals surface area contributed by atoms with Gasteiger partial charge < -0.3 is 50.5 Å². The highest BCUT2D eigenvalue weighted by atomic mass is 16.5. The maximum absolute atomic E-state index is 14.4. The van der Waals surface area contributed by atoms with Crippen molar-refractivity contribution in [1.82, 2.24) is 0 Å². The van der Waals surface area contributed by atoms with E-state index in [0.29, 0.717) is 12.0 Å². The van der Waals surface area contributed by atoms with Crippen LogP contribution in [0.25, 0.3) is 0 Å². The minimum absolute atomic E-state index is 0.0347. The Morgan fingerprint density at radius 3 is 2.29 bits per heavy atom. The standard InChI is InChI=1S/C28H24N2O12.C8H16O2/c1-9-4-10-5-15(32)28(41-3)25(37)19-12(6-11-18(22(19)35)14(31)7-13(29)21(11)34)24(36)27(28,39)20(10)23(42-8-16(30)33)17(9)26(38)40-2;1-6-4-8(9-3)7(2)10-5-6/h4,6-7,15,32,35,39H,5,8,29H2,1-3H3,(H2,30,33);6-8H,4-5H2,1-3H3/t15-,27+,28-;6-,7+,8-/m11/s1. The summed E-state index contributed by atoms with van der Waals surface area (Å²) in [6, 6.07) is 2.19. The zero-order valence-corrected chi connectivity index (χ0v) is 29.4. The number of nitrogens with two attached hydrogens (primary N) is 2. The molecule has 1 saturated heterocycles. The van der Waals surface area contributed by atoms with Crippen LogP contribution < -0.4 is 16.2 Å². The van der Waals surface area contributed by atoms with Crippen LogP contribution in [0, 0.1) is 12.8 Å². The second kappa shape index (κ2) is 13.9. The van der Waals surface area contributed by atoms with Gasteiger partial charge in [0, 0.05) is 50.0 Å². The molecule has 0 bridgehead atoms. The number of amides is 1. The number of methoxy groups -OCH3 is 3. The van der Waals surface area contributed by atoms with E-state index in [1.807, 2.05) is 0 Å². The Labute approximate surface area is 297 Å². The molecule has 2 aromatic carbocycles. The third kappa shape index (κ3) is 5.58. The quantitative estimate of drug-likeness (QED) is 0.255. The van der Waals surface area contributed by atoms with Gasteiger partial charge in [-0.2, -0.15) is 0 Å². The molecule has 1 amide bonds. The van der Waals surface area contributed by atoms with Crippen LogP contribution in [0.1, 0.15) is 88.7 Å². The average Bonchev–Trinajstić information content (AvgIpc) is 3.09. The number of aliphatic hydroxyl groups is 2. The predicted octanol–water partition coefficient (Wildman–Crippen LogP) is 0.588. The fourth-order valence-corrected chi connectivity index (χ4v) is 7.50. The number of fused-ring (bicyclic) bond motifs is 5. The van der Waals surface area contributed by atoms with E-state index < -0.39 is 110 Å². The molecule has 0 unspecified atom stereocenters. The van der Waals surface area contributed by atoms with Gasteiger partial charge in [0.15, 0.2) is 23.6 Å². The van der Waals surface area contributed by atoms with Crippen LogP contribution in [-0.4, -0.2) is 109 Å². The normalized spacial score (nSPS) is 27.6. The molecule has 0 saturated carbocycles. The summed E-state index contributed by atoms with van der Waals surface area (Å²) >= 11 is 0. The molecule has 6 rings (SSSR count). The maximum atomic E-state index is 14.4. The highest BCUT2D eigenvalue weighted by Gasteiger charge is 2.72. The van der Waals surface area contributed by atoms with Crippen LogP contribution >= 0.6 is 0 Å². The monoisotopic (exact) mass is 724 g/mol. The van der Waals surface area contributed by atoms with E-state index in [9.17, 15) is 44.1 Å². The highest BCUT2D eigenvalue weighted by molar-refractivity contribution is 6.30. The lowest BCUT2D eigenvalue weighted by atomic mass is 9.56. The lowest BCUT2D eigenvalue weighted by Crippen LogP contribution is -2.73. The van der Waals surface area contributed by atoms with Crippen molar-refractivity contribution in [2.45, 2.75) is 63.1 Å². The van der Waals surface area contributed by atoms with Gasteiger partial charge in [-0.15, -0.1) is 0 Å². The molecule has 0 spiro atoms. The zero-order valence-electron chi connectivity index (χ0n) is 29.4. The number of ether oxygens (including phenoxy) is 5. The van der Waals surface area contributed by atoms with Gasteiger partial charge in [0.05, 0.1) is 42.2 Å². The van der Waals surface area contributed by atoms with E-state index in [-0.39, 0.29) is 22.8 Å². The fourth-order valence-electron chi connectivity index (χ4n) is 7.50. The van der Waals surface area contributed by atoms with Gasteiger partial charge >= 0.3 is 5.97 Å². The van der Waals surface area contributed by atoms with Gasteiger partial charge in [-0.25, -0.2) is 4.79 Å². The first-order valence-electron chi connectivity index (χ1n) is 16.2. The highest BCUT2D eigenvalue weighted by Crippen LogP contribution is 2.57. The lowest BCUT2D eigenvalue weighted by Gasteiger charge is -2.53. The smallest absolute Gasteiger partial charge is 0.341 e. The van der Waals surface area contributed by atoms with E-state index in [0.717, 1.165) is 39.4 Å². The van der Waals surface area contributed by atoms with Crippen LogP contribution in [0.5, 0.6) is 11.5 Å². The second-order valence-corrected chi connectivity index (χ2v) is 13.2. The largest absolute Gasteiger partial charge is 0.506 e. The number of primary amides is 1. The van der Waals surface area contributed by atoms with Crippen LogP contribution in [-0.2, 0) is 35.8 Å². The number of carbonyl (C=O) groups excluding carboxylic acids is 6. The van der Waals surface area contributed by atoms with E-state index in [4.69, 9.17) is 35.2 Å². The Balaban J connectivity index is 0.000000452. The number of aromatic hydroxyl groups is 1. The number of rotatable bonds is 6. The molecule has 0 aromatic heterocycles. The van der Waals surface area contributed by atoms with Gasteiger partial charge in [-0.1, -0.05) is 13.0 Å². The first kappa shape index (κ1) is 38.2. The van der Waals surface area contributed by atoms with E-state index in [2.05, 4.69) is 13.8 Å². The summed E-state index contributed by atoms with van der Waals surface area (Å²) in [5.41, 5.74) is 1.12. The first-order valence-corrected chi connectivity index (χ1v) is 16.2. The number of carbonyl (C=O) groups is 6. The summed E-state index contributed by atoms with van der Waals surface area (Å²) in [5, 5.41) is 34.9. The molecule has 3 aliphatic carbocycles. The molecular weight excluding hydrogens is 684 g/mol. The summed E-state index contributed by atoms with van der Waals surface area (Å²) in [4.78, 5) is 78.7. The lowest BCUT2D eigenvalue weighted by molar-refractivity contribution is -0.181. The Kier molecular flexibility index (Phi) is 10.2. The zero-order chi connectivity index (χ0) is 38.6. The van der Waals surface area contributed by atoms with Gasteiger partial charge in [0.1, 0.15) is 17.1 Å². The number of aliphatic hydroxyl groups excluding tert-OH is 1. The van der Waals surface area contributed by atoms with Gasteiger partial charge in [-0.05, 0) is 43.4 Å². The summed E-state index contributed by atoms with van der Waals surface area (Å²) < 4.78 is 26.6. The summed E-state index contributed by atoms with van der Waals surface area (Å²) in [6.07, 6.45) is 0.0824. The minimum atomic E-state index is -3.19. The van der Waals surface area contributed by atoms with Crippen molar-refractivity contribution in [1.29, 1.82) is 0 Å². The molecule has 7 N–H and O–H groups in total. The SMILES string of the molecule is COC(=O)c1c(C)cc2c(c1OCC(N)=O)[C@]1(O)C(=O)c3cc4c(c(O)c3C(=O)[C@]1(OC)[C@H](O)C2)C(=O)C=C(N)C4=O.CO[C@@H]1C[C@@H](C)CO[C@H]1C. The molecule has 2 aromatic rings. The topological polar surface area (TPSA) is 261 Å². The van der Waals surface area contributed by atoms with Gasteiger partial charge in [0.25, 0.3) is 5.91 Å². The van der Waals surface area contributed by atoms with Crippen molar-refractivity contribution in [3.05, 3.63) is 68.4 Å². The van der Waals surface area contributed by atoms with Crippen LogP contribution in [0.2, 0.25) is 0 Å². The number of benzene rings is 2. The fraction of sp³-hybridized carbons (Fsp3) is 0.444. The molecule has 4 aliphatic rings. The van der Waals surface area contributed by atoms with Crippen LogP contribution in [0.4, 0.5) is 0 Å². The maximum Gasteiger partial charge on any atom is 0.341 e. The number of ketones is 4. The summed E-state index contributed by atoms with van der Waals surface area (Å²) in [6.45, 7) is 5.78. The number of Topliss-reactive ketones (excluding diaryl/α,β-unsaturated/α-hetero) is 3. The number of hydrogen-bond acceptors (Lipinski definition) is 15. The first-order chi connectivity index (χ1) is 24.4. The molecule has 0 radical (unpaired) electrons. The number of phenolic OH excluding ortho intramolecular Hbond substituents is 1. The molecule has 52 heavy (non-hydrogen) atoms. The number of aryl methyl sites for hydroxylation is 1. The van der Waals surface area contributed by atoms with Gasteiger partial charge in [0.2, 0.25) is 17.3 Å². The van der Waals surface area contributed by atoms with Crippen molar-refractivity contribution in [2.75, 3.05) is 34.5 Å². The van der Waals surface area contributed by atoms with Crippen molar-refractivity contribution in [2.24, 2.45) is 17.4 Å². The molecule has 1 aliphatic heterocycles. The van der Waals surface area contributed by atoms with E-state index in [1.165, 1.54) is 13.0 Å². The van der Waals surface area contributed by atoms with Crippen molar-refractivity contribution in [3.8, 4) is 11.5 Å². The Bertz CT molecular complexity index is 1950. The molecule has 1 heterocycles. The van der Waals surface area contributed by atoms with E-state index >= 15 is 0 Å². The predicted molar refractivity (Wildman–Crippen MR) is 178 cm³/mol. The van der Waals surface area contributed by atoms with E-state index in [1.54, 1.807) is 7.11 Å². The number of allylic oxidation sites excluding steroid dienone is 2. The average molecular weight is 725 g/mol. The Morgan fingerprint density at radius 1 is 1.04 bits per heavy atom. The summed E-state index contributed by atoms with van der Waals surface area (Å²) in [5.74, 6) is -7.48. The molecule has 278 valence electrons. The number of esters is 1. The van der Waals surface area contributed by atoms with Crippen molar-refractivity contribution >= 4 is 35.0 Å². The number of phenols is 1. The summed E-state index contributed by atoms with van der Waals surface area (Å²) in [7, 11) is 3.72. The number of hydrogen-bond donors (Lipinski definition) is 5. The third-order valence-corrected chi connectivity index (χ3v) is 10.00. The van der Waals surface area contributed by atoms with Crippen LogP contribution in [0.3, 0.4) is 0 Å². The molecule has 6 atom stereocenters. The molecule has 1 fully saturated rings.